The Bertz CT molecular complexity index is 793. The zero-order chi connectivity index (χ0) is 19.6. The second-order valence-corrected chi connectivity index (χ2v) is 9.06. The highest BCUT2D eigenvalue weighted by Gasteiger charge is 2.40. The van der Waals surface area contributed by atoms with Crippen molar-refractivity contribution in [3.63, 3.8) is 0 Å². The van der Waals surface area contributed by atoms with E-state index in [-0.39, 0.29) is 16.0 Å². The lowest BCUT2D eigenvalue weighted by Gasteiger charge is -2.36. The topological polar surface area (TPSA) is 86.7 Å². The van der Waals surface area contributed by atoms with Gasteiger partial charge in [-0.15, -0.1) is 6.42 Å². The molecule has 26 heavy (non-hydrogen) atoms. The molecule has 0 aliphatic heterocycles. The number of nitrogens with one attached hydrogen (secondary N) is 1. The molecule has 1 aromatic carbocycles. The van der Waals surface area contributed by atoms with Crippen molar-refractivity contribution in [2.24, 2.45) is 5.41 Å². The van der Waals surface area contributed by atoms with Gasteiger partial charge in [-0.25, -0.2) is 9.00 Å². The molecule has 1 aromatic rings. The Morgan fingerprint density at radius 2 is 2.04 bits per heavy atom. The number of halogens is 1. The molecule has 2 unspecified atom stereocenters. The third kappa shape index (κ3) is 4.57. The van der Waals surface area contributed by atoms with Crippen LogP contribution in [0, 0.1) is 17.8 Å². The van der Waals surface area contributed by atoms with Gasteiger partial charge in [0.2, 0.25) is 0 Å². The van der Waals surface area contributed by atoms with Crippen molar-refractivity contribution >= 4 is 45.8 Å². The number of carbonyl (C=O) groups is 2. The van der Waals surface area contributed by atoms with E-state index in [1.54, 1.807) is 26.8 Å². The van der Waals surface area contributed by atoms with Crippen LogP contribution in [0.3, 0.4) is 0 Å². The van der Waals surface area contributed by atoms with Crippen LogP contribution in [0.15, 0.2) is 18.2 Å². The first-order chi connectivity index (χ1) is 12.1. The number of anilines is 2. The lowest BCUT2D eigenvalue weighted by atomic mass is 9.85. The predicted molar refractivity (Wildman–Crippen MR) is 103 cm³/mol. The molecular weight excluding hydrogens is 376 g/mol. The molecular formula is C18H21ClN2O4S. The summed E-state index contributed by atoms with van der Waals surface area (Å²) in [5.74, 6) is 0.0323. The summed E-state index contributed by atoms with van der Waals surface area (Å²) in [5.41, 5.74) is -0.0470. The number of nitrogens with zero attached hydrogens (tertiary/aromatic N) is 1. The second-order valence-electron chi connectivity index (χ2n) is 7.19. The van der Waals surface area contributed by atoms with Crippen LogP contribution in [-0.4, -0.2) is 32.5 Å². The van der Waals surface area contributed by atoms with Crippen LogP contribution in [0.4, 0.5) is 11.4 Å². The Labute approximate surface area is 160 Å². The number of hydrogen-bond donors (Lipinski definition) is 2. The van der Waals surface area contributed by atoms with E-state index in [4.69, 9.17) is 18.0 Å². The fourth-order valence-corrected chi connectivity index (χ4v) is 3.94. The van der Waals surface area contributed by atoms with E-state index in [9.17, 15) is 18.9 Å². The summed E-state index contributed by atoms with van der Waals surface area (Å²) in [5, 5.41) is 10.0. The standard InChI is InChI=1S/C18H21ClN2O4S/c1-5-15(22)21(16(17(23)24)18(2,3)4)11-6-9-14(13(19)10-11)20-26(25)12-7-8-12/h1,6,9-10,12,16,20H,7-8H2,2-4H3,(H,23,24). The number of carboxylic acids is 1. The summed E-state index contributed by atoms with van der Waals surface area (Å²) in [6, 6.07) is 3.37. The van der Waals surface area contributed by atoms with Crippen LogP contribution in [0.2, 0.25) is 5.02 Å². The van der Waals surface area contributed by atoms with Gasteiger partial charge < -0.3 is 9.83 Å². The number of benzene rings is 1. The quantitative estimate of drug-likeness (QED) is 0.723. The van der Waals surface area contributed by atoms with Crippen LogP contribution in [0.1, 0.15) is 33.6 Å². The first kappa shape index (κ1) is 20.3. The molecule has 0 aromatic heterocycles. The molecule has 140 valence electrons. The molecule has 2 atom stereocenters. The smallest absolute Gasteiger partial charge is 0.327 e. The summed E-state index contributed by atoms with van der Waals surface area (Å²) in [6.45, 7) is 5.12. The van der Waals surface area contributed by atoms with Crippen molar-refractivity contribution in [2.45, 2.75) is 44.9 Å². The maximum absolute atomic E-state index is 12.3. The summed E-state index contributed by atoms with van der Waals surface area (Å²) in [7, 11) is -1.22. The number of amides is 1. The molecule has 6 nitrogen and oxygen atoms in total. The predicted octanol–water partition coefficient (Wildman–Crippen LogP) is 3.04. The molecule has 1 saturated carbocycles. The molecule has 2 N–H and O–H groups in total. The maximum atomic E-state index is 12.3. The van der Waals surface area contributed by atoms with Crippen LogP contribution < -0.4 is 9.62 Å². The Morgan fingerprint density at radius 1 is 1.42 bits per heavy atom. The Kier molecular flexibility index (Phi) is 5.99. The number of carboxylic acid groups (broad SMARTS) is 1. The number of terminal acetylenes is 1. The molecule has 1 aliphatic carbocycles. The lowest BCUT2D eigenvalue weighted by Crippen LogP contribution is -2.52. The average molecular weight is 397 g/mol. The van der Waals surface area contributed by atoms with Gasteiger partial charge in [-0.05, 0) is 42.4 Å². The highest BCUT2D eigenvalue weighted by molar-refractivity contribution is 7.87. The molecule has 2 rings (SSSR count). The molecule has 0 heterocycles. The molecule has 0 spiro atoms. The monoisotopic (exact) mass is 396 g/mol. The number of carbonyl (C=O) groups excluding carboxylic acids is 1. The van der Waals surface area contributed by atoms with E-state index < -0.39 is 34.3 Å². The Hall–Kier alpha value is -2.04. The average Bonchev–Trinajstić information content (AvgIpc) is 3.37. The fraction of sp³-hybridized carbons (Fsp3) is 0.444. The first-order valence-electron chi connectivity index (χ1n) is 8.05. The van der Waals surface area contributed by atoms with Crippen molar-refractivity contribution in [1.29, 1.82) is 0 Å². The van der Waals surface area contributed by atoms with Gasteiger partial charge >= 0.3 is 11.9 Å². The van der Waals surface area contributed by atoms with Crippen LogP contribution >= 0.6 is 11.6 Å². The fourth-order valence-electron chi connectivity index (χ4n) is 2.53. The minimum absolute atomic E-state index is 0.127. The molecule has 0 saturated heterocycles. The zero-order valence-electron chi connectivity index (χ0n) is 14.8. The first-order valence-corrected chi connectivity index (χ1v) is 9.64. The van der Waals surface area contributed by atoms with Crippen molar-refractivity contribution in [3.05, 3.63) is 23.2 Å². The number of aliphatic carboxylic acids is 1. The molecule has 1 aliphatic rings. The van der Waals surface area contributed by atoms with Crippen molar-refractivity contribution in [2.75, 3.05) is 9.62 Å². The van der Waals surface area contributed by atoms with Gasteiger partial charge in [0.25, 0.3) is 0 Å². The lowest BCUT2D eigenvalue weighted by molar-refractivity contribution is -0.142. The minimum atomic E-state index is -1.22. The number of hydrogen-bond acceptors (Lipinski definition) is 3. The van der Waals surface area contributed by atoms with Gasteiger partial charge in [0.05, 0.1) is 16.0 Å². The molecule has 1 amide bonds. The van der Waals surface area contributed by atoms with Crippen LogP contribution in [0.25, 0.3) is 0 Å². The molecule has 0 radical (unpaired) electrons. The molecule has 8 heteroatoms. The van der Waals surface area contributed by atoms with Gasteiger partial charge in [-0.2, -0.15) is 0 Å². The molecule has 1 fully saturated rings. The summed E-state index contributed by atoms with van der Waals surface area (Å²) in [4.78, 5) is 25.2. The van der Waals surface area contributed by atoms with E-state index in [0.717, 1.165) is 17.7 Å². The molecule has 0 bridgehead atoms. The van der Waals surface area contributed by atoms with Crippen LogP contribution in [0.5, 0.6) is 0 Å². The van der Waals surface area contributed by atoms with E-state index in [1.807, 2.05) is 5.92 Å². The highest BCUT2D eigenvalue weighted by Crippen LogP contribution is 2.35. The second kappa shape index (κ2) is 7.68. The van der Waals surface area contributed by atoms with E-state index in [2.05, 4.69) is 4.72 Å². The maximum Gasteiger partial charge on any atom is 0.327 e. The normalized spacial score (nSPS) is 16.3. The Morgan fingerprint density at radius 3 is 2.46 bits per heavy atom. The van der Waals surface area contributed by atoms with Crippen molar-refractivity contribution in [3.8, 4) is 12.3 Å². The van der Waals surface area contributed by atoms with Crippen molar-refractivity contribution in [1.82, 2.24) is 0 Å². The van der Waals surface area contributed by atoms with E-state index >= 15 is 0 Å². The van der Waals surface area contributed by atoms with Gasteiger partial charge in [0.1, 0.15) is 17.0 Å². The van der Waals surface area contributed by atoms with Crippen LogP contribution in [-0.2, 0) is 20.6 Å². The largest absolute Gasteiger partial charge is 0.480 e. The third-order valence-corrected chi connectivity index (χ3v) is 5.73. The van der Waals surface area contributed by atoms with E-state index in [1.165, 1.54) is 12.1 Å². The van der Waals surface area contributed by atoms with E-state index in [0.29, 0.717) is 5.69 Å². The highest BCUT2D eigenvalue weighted by atomic mass is 35.5. The van der Waals surface area contributed by atoms with Gasteiger partial charge in [0.15, 0.2) is 0 Å². The zero-order valence-corrected chi connectivity index (χ0v) is 16.4. The van der Waals surface area contributed by atoms with Gasteiger partial charge in [0, 0.05) is 5.69 Å². The summed E-state index contributed by atoms with van der Waals surface area (Å²) >= 11 is 6.26. The van der Waals surface area contributed by atoms with Crippen molar-refractivity contribution < 1.29 is 18.9 Å². The SMILES string of the molecule is C#CC(=O)N(c1ccc(NS(=O)C2CC2)c(Cl)c1)C(C(=O)O)C(C)(C)C. The van der Waals surface area contributed by atoms with Gasteiger partial charge in [-0.1, -0.05) is 32.4 Å². The third-order valence-electron chi connectivity index (χ3n) is 3.92. The van der Waals surface area contributed by atoms with Gasteiger partial charge in [-0.3, -0.25) is 9.69 Å². The Balaban J connectivity index is 2.40. The summed E-state index contributed by atoms with van der Waals surface area (Å²) in [6.07, 6.45) is 7.06. The summed E-state index contributed by atoms with van der Waals surface area (Å²) < 4.78 is 14.8. The minimum Gasteiger partial charge on any atom is -0.480 e. The number of rotatable bonds is 6.